The van der Waals surface area contributed by atoms with E-state index in [1.165, 1.54) is 0 Å². The normalized spacial score (nSPS) is 26.4. The maximum atomic E-state index is 5.48. The summed E-state index contributed by atoms with van der Waals surface area (Å²) < 4.78 is 5.48. The Morgan fingerprint density at radius 1 is 1.53 bits per heavy atom. The Bertz CT molecular complexity index is 209. The first-order valence-electron chi connectivity index (χ1n) is 5.74. The van der Waals surface area contributed by atoms with Gasteiger partial charge in [0.15, 0.2) is 5.11 Å². The minimum absolute atomic E-state index is 0.351. The summed E-state index contributed by atoms with van der Waals surface area (Å²) in [7, 11) is 0. The summed E-state index contributed by atoms with van der Waals surface area (Å²) in [4.78, 5) is 0. The molecule has 15 heavy (non-hydrogen) atoms. The van der Waals surface area contributed by atoms with Crippen molar-refractivity contribution in [2.45, 2.75) is 45.8 Å². The van der Waals surface area contributed by atoms with Crippen molar-refractivity contribution in [3.8, 4) is 0 Å². The Balaban J connectivity index is 2.19. The van der Waals surface area contributed by atoms with Crippen molar-refractivity contribution in [1.29, 1.82) is 0 Å². The van der Waals surface area contributed by atoms with Crippen LogP contribution >= 0.6 is 12.2 Å². The molecule has 0 bridgehead atoms. The van der Waals surface area contributed by atoms with E-state index < -0.39 is 0 Å². The molecule has 0 saturated carbocycles. The smallest absolute Gasteiger partial charge is 0.166 e. The second kappa shape index (κ2) is 6.28. The number of thiocarbonyl (C=S) groups is 1. The zero-order valence-corrected chi connectivity index (χ0v) is 10.7. The zero-order valence-electron chi connectivity index (χ0n) is 9.88. The second-order valence-electron chi connectivity index (χ2n) is 4.65. The van der Waals surface area contributed by atoms with Crippen molar-refractivity contribution in [2.75, 3.05) is 13.2 Å². The SMILES string of the molecule is CC(C)CNC(=S)NC1CCOC(C)C1. The highest BCUT2D eigenvalue weighted by Gasteiger charge is 2.19. The summed E-state index contributed by atoms with van der Waals surface area (Å²) in [5.74, 6) is 0.623. The maximum Gasteiger partial charge on any atom is 0.166 e. The van der Waals surface area contributed by atoms with Crippen LogP contribution in [0.4, 0.5) is 0 Å². The van der Waals surface area contributed by atoms with Crippen molar-refractivity contribution in [3.05, 3.63) is 0 Å². The van der Waals surface area contributed by atoms with E-state index in [0.29, 0.717) is 18.1 Å². The molecule has 0 aliphatic carbocycles. The van der Waals surface area contributed by atoms with Crippen molar-refractivity contribution in [3.63, 3.8) is 0 Å². The molecular formula is C11H22N2OS. The highest BCUT2D eigenvalue weighted by molar-refractivity contribution is 7.80. The third kappa shape index (κ3) is 5.33. The van der Waals surface area contributed by atoms with Crippen molar-refractivity contribution < 1.29 is 4.74 Å². The van der Waals surface area contributed by atoms with Crippen molar-refractivity contribution >= 4 is 17.3 Å². The largest absolute Gasteiger partial charge is 0.378 e. The van der Waals surface area contributed by atoms with Crippen LogP contribution in [0.15, 0.2) is 0 Å². The molecule has 4 heteroatoms. The highest BCUT2D eigenvalue weighted by atomic mass is 32.1. The van der Waals surface area contributed by atoms with Crippen LogP contribution in [-0.2, 0) is 4.74 Å². The van der Waals surface area contributed by atoms with E-state index in [0.717, 1.165) is 31.1 Å². The van der Waals surface area contributed by atoms with Crippen LogP contribution in [0, 0.1) is 5.92 Å². The van der Waals surface area contributed by atoms with E-state index in [-0.39, 0.29) is 0 Å². The van der Waals surface area contributed by atoms with Crippen LogP contribution in [0.3, 0.4) is 0 Å². The zero-order chi connectivity index (χ0) is 11.3. The predicted octanol–water partition coefficient (Wildman–Crippen LogP) is 1.67. The topological polar surface area (TPSA) is 33.3 Å². The first-order valence-corrected chi connectivity index (χ1v) is 6.14. The lowest BCUT2D eigenvalue weighted by Crippen LogP contribution is -2.46. The molecule has 1 aliphatic rings. The Kier molecular flexibility index (Phi) is 5.32. The average molecular weight is 230 g/mol. The first-order chi connectivity index (χ1) is 7.08. The Labute approximate surface area is 98.0 Å². The van der Waals surface area contributed by atoms with Crippen molar-refractivity contribution in [2.24, 2.45) is 5.92 Å². The van der Waals surface area contributed by atoms with Gasteiger partial charge in [0.05, 0.1) is 6.10 Å². The molecule has 1 rings (SSSR count). The van der Waals surface area contributed by atoms with Crippen LogP contribution in [0.1, 0.15) is 33.6 Å². The lowest BCUT2D eigenvalue weighted by atomic mass is 10.0. The van der Waals surface area contributed by atoms with E-state index in [2.05, 4.69) is 31.4 Å². The fourth-order valence-corrected chi connectivity index (χ4v) is 1.91. The van der Waals surface area contributed by atoms with Gasteiger partial charge in [-0.05, 0) is 37.9 Å². The number of nitrogens with one attached hydrogen (secondary N) is 2. The maximum absolute atomic E-state index is 5.48. The van der Waals surface area contributed by atoms with Gasteiger partial charge in [-0.1, -0.05) is 13.8 Å². The minimum atomic E-state index is 0.351. The fourth-order valence-electron chi connectivity index (χ4n) is 1.66. The molecule has 0 radical (unpaired) electrons. The second-order valence-corrected chi connectivity index (χ2v) is 5.06. The van der Waals surface area contributed by atoms with Gasteiger partial charge >= 0.3 is 0 Å². The van der Waals surface area contributed by atoms with Crippen LogP contribution < -0.4 is 10.6 Å². The van der Waals surface area contributed by atoms with Gasteiger partial charge in [-0.25, -0.2) is 0 Å². The highest BCUT2D eigenvalue weighted by Crippen LogP contribution is 2.12. The molecular weight excluding hydrogens is 208 g/mol. The molecule has 1 fully saturated rings. The van der Waals surface area contributed by atoms with E-state index >= 15 is 0 Å². The Morgan fingerprint density at radius 2 is 2.27 bits per heavy atom. The molecule has 0 aromatic heterocycles. The molecule has 88 valence electrons. The fraction of sp³-hybridized carbons (Fsp3) is 0.909. The first kappa shape index (κ1) is 12.7. The molecule has 0 spiro atoms. The molecule has 1 heterocycles. The molecule has 2 atom stereocenters. The van der Waals surface area contributed by atoms with Gasteiger partial charge in [0.1, 0.15) is 0 Å². The van der Waals surface area contributed by atoms with Gasteiger partial charge in [0.25, 0.3) is 0 Å². The third-order valence-corrected chi connectivity index (χ3v) is 2.75. The number of ether oxygens (including phenoxy) is 1. The number of rotatable bonds is 3. The van der Waals surface area contributed by atoms with Gasteiger partial charge in [-0.15, -0.1) is 0 Å². The summed E-state index contributed by atoms with van der Waals surface area (Å²) in [6.07, 6.45) is 2.45. The standard InChI is InChI=1S/C11H22N2OS/c1-8(2)7-12-11(15)13-10-4-5-14-9(3)6-10/h8-10H,4-7H2,1-3H3,(H2,12,13,15). The molecule has 2 N–H and O–H groups in total. The van der Waals surface area contributed by atoms with Gasteiger partial charge < -0.3 is 15.4 Å². The van der Waals surface area contributed by atoms with Gasteiger partial charge in [0.2, 0.25) is 0 Å². The summed E-state index contributed by atoms with van der Waals surface area (Å²) in [6.45, 7) is 8.23. The van der Waals surface area contributed by atoms with Gasteiger partial charge in [0, 0.05) is 19.2 Å². The molecule has 1 aliphatic heterocycles. The lowest BCUT2D eigenvalue weighted by molar-refractivity contribution is 0.0166. The van der Waals surface area contributed by atoms with Crippen LogP contribution in [-0.4, -0.2) is 30.4 Å². The van der Waals surface area contributed by atoms with Crippen LogP contribution in [0.25, 0.3) is 0 Å². The number of hydrogen-bond acceptors (Lipinski definition) is 2. The predicted molar refractivity (Wildman–Crippen MR) is 67.0 cm³/mol. The summed E-state index contributed by atoms with van der Waals surface area (Å²) in [5, 5.41) is 7.35. The quantitative estimate of drug-likeness (QED) is 0.723. The van der Waals surface area contributed by atoms with Gasteiger partial charge in [-0.3, -0.25) is 0 Å². The Morgan fingerprint density at radius 3 is 2.87 bits per heavy atom. The third-order valence-electron chi connectivity index (χ3n) is 2.49. The van der Waals surface area contributed by atoms with E-state index in [9.17, 15) is 0 Å². The molecule has 1 saturated heterocycles. The average Bonchev–Trinajstić information content (AvgIpc) is 2.15. The monoisotopic (exact) mass is 230 g/mol. The number of hydrogen-bond donors (Lipinski definition) is 2. The van der Waals surface area contributed by atoms with Crippen LogP contribution in [0.5, 0.6) is 0 Å². The van der Waals surface area contributed by atoms with E-state index in [1.54, 1.807) is 0 Å². The molecule has 2 unspecified atom stereocenters. The molecule has 0 amide bonds. The van der Waals surface area contributed by atoms with Crippen LogP contribution in [0.2, 0.25) is 0 Å². The summed E-state index contributed by atoms with van der Waals surface area (Å²) in [5.41, 5.74) is 0. The molecule has 3 nitrogen and oxygen atoms in total. The van der Waals surface area contributed by atoms with E-state index in [1.807, 2.05) is 0 Å². The minimum Gasteiger partial charge on any atom is -0.378 e. The van der Waals surface area contributed by atoms with E-state index in [4.69, 9.17) is 17.0 Å². The van der Waals surface area contributed by atoms with Crippen molar-refractivity contribution in [1.82, 2.24) is 10.6 Å². The summed E-state index contributed by atoms with van der Waals surface area (Å²) >= 11 is 5.23. The molecule has 0 aromatic rings. The Hall–Kier alpha value is -0.350. The summed E-state index contributed by atoms with van der Waals surface area (Å²) in [6, 6.07) is 0.473. The van der Waals surface area contributed by atoms with Gasteiger partial charge in [-0.2, -0.15) is 0 Å². The molecule has 0 aromatic carbocycles. The lowest BCUT2D eigenvalue weighted by Gasteiger charge is -2.29.